The quantitative estimate of drug-likeness (QED) is 0.283. The van der Waals surface area contributed by atoms with E-state index in [0.29, 0.717) is 5.41 Å². The van der Waals surface area contributed by atoms with Gasteiger partial charge in [-0.1, -0.05) is 86.5 Å². The molecule has 0 amide bonds. The maximum absolute atomic E-state index is 2.65. The zero-order valence-corrected chi connectivity index (χ0v) is 32.7. The molecule has 0 heteroatoms. The highest BCUT2D eigenvalue weighted by atomic mass is 14.8. The van der Waals surface area contributed by atoms with Crippen molar-refractivity contribution < 1.29 is 0 Å². The highest BCUT2D eigenvalue weighted by Gasteiger charge is 2.79. The SMILES string of the molecule is CCC1CC2CC3CC(C(C)C)CC4C5C6CCC(C(C)(C)C)CC6C6CCCC(C65)C5(C6C(CC7CCCCC7)CCC6C(C1)C25)C34. The van der Waals surface area contributed by atoms with Crippen molar-refractivity contribution in [3.63, 3.8) is 0 Å². The minimum atomic E-state index is 0.505. The summed E-state index contributed by atoms with van der Waals surface area (Å²) in [5, 5.41) is 0. The second-order valence-corrected chi connectivity index (χ2v) is 23.2. The van der Waals surface area contributed by atoms with Crippen LogP contribution in [0.1, 0.15) is 170 Å². The summed E-state index contributed by atoms with van der Waals surface area (Å²) in [5.41, 5.74) is 1.27. The zero-order valence-electron chi connectivity index (χ0n) is 32.7. The van der Waals surface area contributed by atoms with Crippen molar-refractivity contribution in [3.05, 3.63) is 0 Å². The summed E-state index contributed by atoms with van der Waals surface area (Å²) < 4.78 is 0. The molecule has 48 heavy (non-hydrogen) atoms. The van der Waals surface area contributed by atoms with Gasteiger partial charge in [-0.25, -0.2) is 0 Å². The third kappa shape index (κ3) is 4.49. The molecule has 10 fully saturated rings. The predicted molar refractivity (Wildman–Crippen MR) is 201 cm³/mol. The molecule has 19 atom stereocenters. The Morgan fingerprint density at radius 2 is 1.31 bits per heavy atom. The van der Waals surface area contributed by atoms with Crippen LogP contribution < -0.4 is 0 Å². The average Bonchev–Trinajstić information content (AvgIpc) is 3.73. The van der Waals surface area contributed by atoms with Crippen molar-refractivity contribution >= 4 is 0 Å². The first-order chi connectivity index (χ1) is 23.2. The van der Waals surface area contributed by atoms with Gasteiger partial charge in [0.05, 0.1) is 0 Å². The summed E-state index contributed by atoms with van der Waals surface area (Å²) in [4.78, 5) is 0. The molecule has 10 saturated carbocycles. The van der Waals surface area contributed by atoms with Gasteiger partial charge in [-0.3, -0.25) is 0 Å². The van der Waals surface area contributed by atoms with Gasteiger partial charge < -0.3 is 0 Å². The van der Waals surface area contributed by atoms with E-state index in [9.17, 15) is 0 Å². The van der Waals surface area contributed by atoms with Crippen LogP contribution >= 0.6 is 0 Å². The Bertz CT molecular complexity index is 1180. The average molecular weight is 655 g/mol. The molecule has 19 unspecified atom stereocenters. The summed E-state index contributed by atoms with van der Waals surface area (Å²) in [6, 6.07) is 0. The van der Waals surface area contributed by atoms with E-state index >= 15 is 0 Å². The lowest BCUT2D eigenvalue weighted by Gasteiger charge is -2.72. The molecule has 0 radical (unpaired) electrons. The van der Waals surface area contributed by atoms with Crippen molar-refractivity contribution in [2.45, 2.75) is 170 Å². The van der Waals surface area contributed by atoms with E-state index in [2.05, 4.69) is 41.5 Å². The van der Waals surface area contributed by atoms with E-state index in [0.717, 1.165) is 124 Å². The van der Waals surface area contributed by atoms with Crippen LogP contribution in [0.5, 0.6) is 0 Å². The molecule has 0 saturated heterocycles. The number of hydrogen-bond donors (Lipinski definition) is 0. The fourth-order valence-corrected chi connectivity index (χ4v) is 19.8. The number of rotatable bonds is 4. The largest absolute Gasteiger partial charge is 0.0651 e. The molecule has 10 aliphatic carbocycles. The lowest BCUT2D eigenvalue weighted by Crippen LogP contribution is -2.67. The highest BCUT2D eigenvalue weighted by Crippen LogP contribution is 2.84. The van der Waals surface area contributed by atoms with Crippen LogP contribution in [0.3, 0.4) is 0 Å². The second kappa shape index (κ2) is 11.8. The standard InChI is InChI=1S/C48H78/c1-7-28-20-32-24-33-23-31(27(2)3)25-40-42-36-19-17-34(47(4,5)6)26-38(36)35-14-11-15-41(43(35)42)48(46(33)40)44-30(21-29-12-9-8-10-13-29)16-18-37(44)39(22-28)45(32)48/h27-46H,7-26H2,1-6H3. The van der Waals surface area contributed by atoms with Crippen LogP contribution in [0.25, 0.3) is 0 Å². The van der Waals surface area contributed by atoms with Crippen LogP contribution in [0.4, 0.5) is 0 Å². The fraction of sp³-hybridized carbons (Fsp3) is 1.00. The fourth-order valence-electron chi connectivity index (χ4n) is 19.8. The number of hydrogen-bond acceptors (Lipinski definition) is 0. The zero-order chi connectivity index (χ0) is 32.7. The Hall–Kier alpha value is 0. The van der Waals surface area contributed by atoms with Gasteiger partial charge in [0.1, 0.15) is 0 Å². The highest BCUT2D eigenvalue weighted by molar-refractivity contribution is 5.27. The molecular formula is C48H78. The van der Waals surface area contributed by atoms with Crippen LogP contribution in [0.15, 0.2) is 0 Å². The molecule has 0 aliphatic heterocycles. The van der Waals surface area contributed by atoms with E-state index < -0.39 is 0 Å². The molecule has 0 aromatic heterocycles. The van der Waals surface area contributed by atoms with Gasteiger partial charge in [0, 0.05) is 0 Å². The first-order valence-corrected chi connectivity index (χ1v) is 23.2. The van der Waals surface area contributed by atoms with Gasteiger partial charge >= 0.3 is 0 Å². The lowest BCUT2D eigenvalue weighted by molar-refractivity contribution is -0.245. The maximum Gasteiger partial charge on any atom is -0.0165 e. The molecule has 0 heterocycles. The maximum atomic E-state index is 2.65. The van der Waals surface area contributed by atoms with Crippen LogP contribution in [0.2, 0.25) is 0 Å². The third-order valence-corrected chi connectivity index (χ3v) is 20.8. The molecule has 1 spiro atoms. The topological polar surface area (TPSA) is 0 Å². The Morgan fingerprint density at radius 3 is 2.08 bits per heavy atom. The summed E-state index contributed by atoms with van der Waals surface area (Å²) in [6.07, 6.45) is 32.3. The summed E-state index contributed by atoms with van der Waals surface area (Å²) in [6.45, 7) is 15.7. The Labute approximate surface area is 298 Å². The van der Waals surface area contributed by atoms with Gasteiger partial charge in [-0.2, -0.15) is 0 Å². The Kier molecular flexibility index (Phi) is 7.99. The predicted octanol–water partition coefficient (Wildman–Crippen LogP) is 13.3. The molecule has 10 rings (SSSR count). The molecule has 0 aromatic rings. The summed E-state index contributed by atoms with van der Waals surface area (Å²) in [5.74, 6) is 21.9. The molecule has 0 N–H and O–H groups in total. The van der Waals surface area contributed by atoms with Crippen LogP contribution in [0, 0.1) is 129 Å². The van der Waals surface area contributed by atoms with Crippen molar-refractivity contribution in [1.29, 1.82) is 0 Å². The van der Waals surface area contributed by atoms with E-state index in [1.165, 1.54) is 12.8 Å². The third-order valence-electron chi connectivity index (χ3n) is 20.8. The first-order valence-electron chi connectivity index (χ1n) is 23.2. The van der Waals surface area contributed by atoms with Crippen LogP contribution in [-0.2, 0) is 0 Å². The van der Waals surface area contributed by atoms with Crippen molar-refractivity contribution in [3.8, 4) is 0 Å². The van der Waals surface area contributed by atoms with Crippen molar-refractivity contribution in [1.82, 2.24) is 0 Å². The Morgan fingerprint density at radius 1 is 0.562 bits per heavy atom. The van der Waals surface area contributed by atoms with Crippen molar-refractivity contribution in [2.75, 3.05) is 0 Å². The smallest absolute Gasteiger partial charge is 0.0165 e. The summed E-state index contributed by atoms with van der Waals surface area (Å²) >= 11 is 0. The van der Waals surface area contributed by atoms with Gasteiger partial charge in [0.2, 0.25) is 0 Å². The molecule has 0 nitrogen and oxygen atoms in total. The van der Waals surface area contributed by atoms with E-state index in [-0.39, 0.29) is 0 Å². The lowest BCUT2D eigenvalue weighted by atomic mass is 9.32. The van der Waals surface area contributed by atoms with E-state index in [1.807, 2.05) is 0 Å². The molecule has 270 valence electrons. The molecular weight excluding hydrogens is 577 g/mol. The van der Waals surface area contributed by atoms with E-state index in [1.54, 1.807) is 116 Å². The monoisotopic (exact) mass is 655 g/mol. The Balaban J connectivity index is 1.13. The van der Waals surface area contributed by atoms with E-state index in [4.69, 9.17) is 0 Å². The molecule has 0 bridgehead atoms. The molecule has 0 aromatic carbocycles. The minimum absolute atomic E-state index is 0.505. The van der Waals surface area contributed by atoms with Gasteiger partial charge in [0.15, 0.2) is 0 Å². The van der Waals surface area contributed by atoms with Gasteiger partial charge in [-0.15, -0.1) is 0 Å². The normalized spacial score (nSPS) is 57.1. The molecule has 10 aliphatic rings. The first kappa shape index (κ1) is 32.6. The minimum Gasteiger partial charge on any atom is -0.0651 e. The van der Waals surface area contributed by atoms with Gasteiger partial charge in [0.25, 0.3) is 0 Å². The van der Waals surface area contributed by atoms with Crippen LogP contribution in [-0.4, -0.2) is 0 Å². The summed E-state index contributed by atoms with van der Waals surface area (Å²) in [7, 11) is 0. The van der Waals surface area contributed by atoms with Crippen molar-refractivity contribution in [2.24, 2.45) is 129 Å². The second-order valence-electron chi connectivity index (χ2n) is 23.2. The number of fused-ring (bicyclic) bond motifs is 6. The van der Waals surface area contributed by atoms with Gasteiger partial charge in [-0.05, 0) is 213 Å².